The molecular formula is C46H57IN8O10. The first kappa shape index (κ1) is 50.0. The molecule has 0 radical (unpaired) electrons. The predicted octanol–water partition coefficient (Wildman–Crippen LogP) is -1.60. The molecule has 3 fully saturated rings. The van der Waals surface area contributed by atoms with Gasteiger partial charge in [-0.2, -0.15) is 0 Å². The number of benzene rings is 2. The molecule has 2 aromatic carbocycles. The molecule has 19 heteroatoms. The van der Waals surface area contributed by atoms with Crippen molar-refractivity contribution in [1.29, 1.82) is 0 Å². The number of Topliss-reactive ketones (excluding diaryl/α,β-unsaturated/α-hetero) is 1. The van der Waals surface area contributed by atoms with Crippen molar-refractivity contribution < 1.29 is 72.2 Å². The van der Waals surface area contributed by atoms with E-state index >= 15 is 4.79 Å². The number of hydrogen-bond acceptors (Lipinski definition) is 11. The van der Waals surface area contributed by atoms with E-state index in [0.717, 1.165) is 11.3 Å². The summed E-state index contributed by atoms with van der Waals surface area (Å²) in [6.45, 7) is 3.02. The van der Waals surface area contributed by atoms with Crippen LogP contribution < -0.4 is 44.4 Å². The van der Waals surface area contributed by atoms with E-state index in [1.807, 2.05) is 45.4 Å². The number of carbonyl (C=O) groups is 8. The fourth-order valence-electron chi connectivity index (χ4n) is 8.35. The Balaban J connectivity index is 0.00000793. The lowest BCUT2D eigenvalue weighted by Gasteiger charge is -2.40. The number of esters is 1. The van der Waals surface area contributed by atoms with Gasteiger partial charge in [0.25, 0.3) is 5.91 Å². The SMILES string of the molecule is CC[C@H]1NC(=O)[C@@H](NC(=O)c2ncccc2O)[C@@H](C)OC(=O)[C@H](c2ccccc2)NC(=O)[C@@H]2CC(=O)CCN2C(=O)[C@H](Cc2ccc([N+](C)(C)C)cc2)N(C)C(=O)[C@@H]2CCCN2C1=O.[I-]. The van der Waals surface area contributed by atoms with Gasteiger partial charge in [-0.15, -0.1) is 0 Å². The number of piperidine rings is 1. The number of carbonyl (C=O) groups excluding carboxylic acids is 8. The number of pyridine rings is 1. The lowest BCUT2D eigenvalue weighted by Crippen LogP contribution is -3.00. The van der Waals surface area contributed by atoms with Gasteiger partial charge in [-0.3, -0.25) is 38.0 Å². The van der Waals surface area contributed by atoms with Crippen LogP contribution in [0.3, 0.4) is 0 Å². The van der Waals surface area contributed by atoms with Crippen LogP contribution in [0.4, 0.5) is 5.69 Å². The fraction of sp³-hybridized carbons (Fsp3) is 0.457. The van der Waals surface area contributed by atoms with E-state index in [0.29, 0.717) is 10.9 Å². The van der Waals surface area contributed by atoms with Crippen molar-refractivity contribution in [1.82, 2.24) is 40.1 Å². The third-order valence-electron chi connectivity index (χ3n) is 12.1. The minimum Gasteiger partial charge on any atom is -1.00 e. The van der Waals surface area contributed by atoms with Crippen LogP contribution in [0.2, 0.25) is 0 Å². The third kappa shape index (κ3) is 11.5. The molecule has 1 aromatic heterocycles. The van der Waals surface area contributed by atoms with Crippen molar-refractivity contribution in [3.05, 3.63) is 89.7 Å². The number of fused-ring (bicyclic) bond motifs is 2. The number of nitrogens with one attached hydrogen (secondary N) is 3. The van der Waals surface area contributed by atoms with Crippen molar-refractivity contribution in [2.45, 2.75) is 94.7 Å². The molecule has 6 rings (SSSR count). The van der Waals surface area contributed by atoms with Gasteiger partial charge in [-0.25, -0.2) is 9.78 Å². The highest BCUT2D eigenvalue weighted by atomic mass is 127. The number of hydrogen-bond donors (Lipinski definition) is 4. The van der Waals surface area contributed by atoms with Crippen molar-refractivity contribution in [3.63, 3.8) is 0 Å². The minimum absolute atomic E-state index is 0. The van der Waals surface area contributed by atoms with Gasteiger partial charge in [0.15, 0.2) is 11.7 Å². The van der Waals surface area contributed by atoms with E-state index in [1.54, 1.807) is 37.3 Å². The molecule has 0 spiro atoms. The van der Waals surface area contributed by atoms with E-state index in [2.05, 4.69) is 20.9 Å². The Hall–Kier alpha value is -5.96. The molecule has 0 aliphatic carbocycles. The highest BCUT2D eigenvalue weighted by Gasteiger charge is 2.46. The summed E-state index contributed by atoms with van der Waals surface area (Å²) in [4.78, 5) is 122. The Morgan fingerprint density at radius 2 is 1.54 bits per heavy atom. The normalized spacial score (nSPS) is 25.2. The van der Waals surface area contributed by atoms with Crippen LogP contribution in [0.5, 0.6) is 5.75 Å². The van der Waals surface area contributed by atoms with E-state index in [-0.39, 0.29) is 80.5 Å². The summed E-state index contributed by atoms with van der Waals surface area (Å²) in [5.74, 6) is -6.31. The Kier molecular flexibility index (Phi) is 16.4. The standard InChI is InChI=1S/C46H56N8O10.HI/c1-7-32-43(60)52-23-12-15-33(52)44(61)51(3)35(25-28-17-19-30(20-18-28)54(4,5)6)45(62)53-24-21-31(55)26-34(53)40(57)50-38(29-13-9-8-10-14-29)46(63)64-27(2)37(41(58)48-32)49-42(59)39-36(56)16-11-22-47-39;/h8-11,13-14,16-20,22,27,32-35,37-38H,7,12,15,21,23-26H2,1-6H3,(H3-,48,49,50,56,57,58,59);1H/t27-,32-,33+,34+,35+,37+,38+;/m1./s1. The van der Waals surface area contributed by atoms with E-state index in [4.69, 9.17) is 4.74 Å². The van der Waals surface area contributed by atoms with Gasteiger partial charge in [0.05, 0.1) is 21.1 Å². The van der Waals surface area contributed by atoms with Crippen molar-refractivity contribution >= 4 is 52.9 Å². The molecule has 0 bridgehead atoms. The molecule has 3 aliphatic rings. The number of aromatic hydroxyl groups is 1. The van der Waals surface area contributed by atoms with Crippen LogP contribution in [0.15, 0.2) is 72.9 Å². The Bertz CT molecular complexity index is 2270. The molecular weight excluding hydrogens is 951 g/mol. The number of quaternary nitrogens is 1. The van der Waals surface area contributed by atoms with Gasteiger partial charge in [0.1, 0.15) is 53.5 Å². The molecule has 0 unspecified atom stereocenters. The molecule has 4 heterocycles. The van der Waals surface area contributed by atoms with Gasteiger partial charge in [0.2, 0.25) is 29.5 Å². The summed E-state index contributed by atoms with van der Waals surface area (Å²) < 4.78 is 6.39. The predicted molar refractivity (Wildman–Crippen MR) is 233 cm³/mol. The molecule has 7 atom stereocenters. The number of rotatable bonds is 7. The zero-order valence-corrected chi connectivity index (χ0v) is 39.5. The number of ketones is 1. The average Bonchev–Trinajstić information content (AvgIpc) is 3.77. The first-order chi connectivity index (χ1) is 30.4. The summed E-state index contributed by atoms with van der Waals surface area (Å²) in [6, 6.07) is 10.2. The second-order valence-corrected chi connectivity index (χ2v) is 17.4. The first-order valence-corrected chi connectivity index (χ1v) is 21.5. The van der Waals surface area contributed by atoms with Crippen molar-refractivity contribution in [2.75, 3.05) is 41.3 Å². The van der Waals surface area contributed by atoms with Gasteiger partial charge in [-0.1, -0.05) is 49.4 Å². The van der Waals surface area contributed by atoms with Crippen molar-refractivity contribution in [3.8, 4) is 5.75 Å². The molecule has 348 valence electrons. The number of aromatic nitrogens is 1. The second-order valence-electron chi connectivity index (χ2n) is 17.4. The topological polar surface area (TPSA) is 225 Å². The molecule has 4 N–H and O–H groups in total. The summed E-state index contributed by atoms with van der Waals surface area (Å²) >= 11 is 0. The number of amides is 6. The molecule has 65 heavy (non-hydrogen) atoms. The summed E-state index contributed by atoms with van der Waals surface area (Å²) in [6.07, 6.45) is 0.182. The van der Waals surface area contributed by atoms with Crippen LogP contribution in [-0.4, -0.2) is 150 Å². The van der Waals surface area contributed by atoms with Gasteiger partial charge < -0.3 is 64.5 Å². The third-order valence-corrected chi connectivity index (χ3v) is 12.1. The number of cyclic esters (lactones) is 1. The van der Waals surface area contributed by atoms with Gasteiger partial charge in [0, 0.05) is 45.6 Å². The zero-order valence-electron chi connectivity index (χ0n) is 37.4. The largest absolute Gasteiger partial charge is 1.00 e. The highest BCUT2D eigenvalue weighted by Crippen LogP contribution is 2.27. The van der Waals surface area contributed by atoms with Crippen LogP contribution in [-0.2, 0) is 44.7 Å². The number of ether oxygens (including phenoxy) is 1. The van der Waals surface area contributed by atoms with E-state index in [1.165, 1.54) is 47.0 Å². The smallest absolute Gasteiger partial charge is 0.333 e. The quantitative estimate of drug-likeness (QED) is 0.120. The maximum atomic E-state index is 15.0. The van der Waals surface area contributed by atoms with Crippen molar-refractivity contribution in [2.24, 2.45) is 0 Å². The van der Waals surface area contributed by atoms with E-state index < -0.39 is 95.2 Å². The maximum Gasteiger partial charge on any atom is 0.333 e. The van der Waals surface area contributed by atoms with Crippen LogP contribution in [0, 0.1) is 0 Å². The van der Waals surface area contributed by atoms with Crippen LogP contribution in [0.25, 0.3) is 0 Å². The van der Waals surface area contributed by atoms with Crippen LogP contribution >= 0.6 is 0 Å². The minimum atomic E-state index is -1.68. The van der Waals surface area contributed by atoms with Gasteiger partial charge in [-0.05, 0) is 61.6 Å². The molecule has 3 aliphatic heterocycles. The zero-order chi connectivity index (χ0) is 46.5. The van der Waals surface area contributed by atoms with Crippen LogP contribution in [0.1, 0.15) is 73.6 Å². The Morgan fingerprint density at radius 3 is 2.18 bits per heavy atom. The highest BCUT2D eigenvalue weighted by molar-refractivity contribution is 6.01. The number of halogens is 1. The summed E-state index contributed by atoms with van der Waals surface area (Å²) in [7, 11) is 7.52. The molecule has 3 aromatic rings. The monoisotopic (exact) mass is 1010 g/mol. The lowest BCUT2D eigenvalue weighted by atomic mass is 9.95. The first-order valence-electron chi connectivity index (χ1n) is 21.5. The maximum absolute atomic E-state index is 15.0. The van der Waals surface area contributed by atoms with E-state index in [9.17, 15) is 38.7 Å². The Morgan fingerprint density at radius 1 is 0.862 bits per heavy atom. The summed E-state index contributed by atoms with van der Waals surface area (Å²) in [5, 5.41) is 18.3. The molecule has 6 amide bonds. The average molecular weight is 1010 g/mol. The Labute approximate surface area is 395 Å². The number of nitrogens with zero attached hydrogens (tertiary/aromatic N) is 5. The molecule has 0 saturated carbocycles. The summed E-state index contributed by atoms with van der Waals surface area (Å²) in [5.41, 5.74) is 1.55. The molecule has 3 saturated heterocycles. The fourth-order valence-corrected chi connectivity index (χ4v) is 8.35. The number of likely N-dealkylation sites (N-methyl/N-ethyl adjacent to an activating group) is 1. The lowest BCUT2D eigenvalue weighted by molar-refractivity contribution is -0.156. The second kappa shape index (κ2) is 21.4. The van der Waals surface area contributed by atoms with Gasteiger partial charge >= 0.3 is 5.97 Å². The molecule has 18 nitrogen and oxygen atoms in total.